The van der Waals surface area contributed by atoms with E-state index < -0.39 is 87.3 Å². The molecule has 6 aromatic rings. The summed E-state index contributed by atoms with van der Waals surface area (Å²) in [7, 11) is 1.79. The number of aromatic nitrogens is 4. The quantitative estimate of drug-likeness (QED) is 0.106. The highest BCUT2D eigenvalue weighted by Gasteiger charge is 2.39. The lowest BCUT2D eigenvalue weighted by atomic mass is 9.87. The number of aromatic amines is 2. The second-order valence-electron chi connectivity index (χ2n) is 16.7. The van der Waals surface area contributed by atoms with Crippen LogP contribution < -0.4 is 10.6 Å². The Bertz CT molecular complexity index is 3230. The maximum absolute atomic E-state index is 14.4. The van der Waals surface area contributed by atoms with E-state index in [2.05, 4.69) is 55.8 Å². The molecule has 4 atom stereocenters. The molecule has 4 N–H and O–H groups in total. The molecule has 2 aromatic heterocycles. The number of methoxy groups -OCH3 is 2. The number of imidazole rings is 2. The molecule has 66 heavy (non-hydrogen) atoms. The number of H-pyrrole nitrogens is 2. The minimum Gasteiger partial charge on any atom is -0.453 e. The summed E-state index contributed by atoms with van der Waals surface area (Å²) in [6.45, 7) is -15.1. The standard InChI is InChI=1S/C52H60N8O6/c1-29(2)45(57-51(63)65-5)49(61)59-23-7-9-43(59)47-53-39-21-19-35(27-41(39)55-47)37-25-31-11-15-33(37)17-13-32-12-16-34(18-14-31)38(26-32)36-20-22-40-42(28-36)56-48(54-40)44-10-8-24-60(44)50(62)46(30(3)4)58-52(64)66-6/h11-12,15-16,19-22,25-30,43-46H,7-10,13-14,17-18,23-24H2,1-6H3,(H,53,55)(H,54,56)(H,57,63)(H,58,64)/t43-,44-,45-,46-/m0/s1/i1D3,2D3,3D3,4D3,29D,30D,45D,46D. The fourth-order valence-corrected chi connectivity index (χ4v) is 9.43. The van der Waals surface area contributed by atoms with E-state index in [0.717, 1.165) is 68.5 Å². The Morgan fingerprint density at radius 3 is 1.48 bits per heavy atom. The van der Waals surface area contributed by atoms with Crippen LogP contribution in [0.3, 0.4) is 0 Å². The Labute approximate surface area is 407 Å². The SMILES string of the molecule is [2H]C([2H])([2H])C([2H])(C([2H])([2H])[2H])[C@]([2H])(NC(=O)OC)C(=O)N1CCC[C@H]1c1nc2ccc(-c3cc4ccc3CCc3ccc(c(-c5ccc6nc([C@@H]7CCCN7C(=O)[C@@]([2H])(NC(=O)OC)C([2H])(C([2H])([2H])[2H])C([2H])([2H])[2H])[nH]c6c5)c3)CC4)cc2[nH]1. The normalized spacial score (nSPS) is 23.8. The molecule has 0 radical (unpaired) electrons. The highest BCUT2D eigenvalue weighted by Crippen LogP contribution is 2.37. The zero-order valence-corrected chi connectivity index (χ0v) is 36.4. The lowest BCUT2D eigenvalue weighted by Crippen LogP contribution is -2.51. The summed E-state index contributed by atoms with van der Waals surface area (Å²) in [5.41, 5.74) is 10.2. The molecule has 0 saturated carbocycles. The largest absolute Gasteiger partial charge is 0.453 e. The summed E-state index contributed by atoms with van der Waals surface area (Å²) in [5.74, 6) is -9.93. The van der Waals surface area contributed by atoms with E-state index in [1.165, 1.54) is 0 Å². The van der Waals surface area contributed by atoms with Gasteiger partial charge in [0.25, 0.3) is 0 Å². The molecule has 2 aliphatic heterocycles. The number of fused-ring (bicyclic) bond motifs is 2. The van der Waals surface area contributed by atoms with Crippen molar-refractivity contribution >= 4 is 46.1 Å². The molecule has 0 spiro atoms. The first kappa shape index (κ1) is 29.0. The number of nitrogens with zero attached hydrogens (tertiary/aromatic N) is 4. The van der Waals surface area contributed by atoms with Crippen LogP contribution in [0.5, 0.6) is 0 Å². The molecule has 4 aromatic carbocycles. The van der Waals surface area contributed by atoms with Crippen LogP contribution in [0.25, 0.3) is 44.3 Å². The average Bonchev–Trinajstić information content (AvgIpc) is 4.06. The van der Waals surface area contributed by atoms with Crippen LogP contribution >= 0.6 is 0 Å². The highest BCUT2D eigenvalue weighted by atomic mass is 16.5. The molecule has 4 heterocycles. The van der Waals surface area contributed by atoms with Crippen LogP contribution in [-0.4, -0.2) is 93.1 Å². The predicted molar refractivity (Wildman–Crippen MR) is 254 cm³/mol. The minimum atomic E-state index is -3.82. The molecule has 344 valence electrons. The van der Waals surface area contributed by atoms with Crippen LogP contribution in [-0.2, 0) is 44.7 Å². The average molecular weight is 909 g/mol. The second-order valence-corrected chi connectivity index (χ2v) is 16.7. The third-order valence-corrected chi connectivity index (χ3v) is 12.7. The fraction of sp³-hybridized carbons (Fsp3) is 0.423. The summed E-state index contributed by atoms with van der Waals surface area (Å²) >= 11 is 0. The number of nitrogens with one attached hydrogen (secondary N) is 4. The molecule has 0 unspecified atom stereocenters. The van der Waals surface area contributed by atoms with Gasteiger partial charge < -0.3 is 39.9 Å². The molecule has 14 nitrogen and oxygen atoms in total. The van der Waals surface area contributed by atoms with Gasteiger partial charge in [-0.3, -0.25) is 9.59 Å². The summed E-state index contributed by atoms with van der Waals surface area (Å²) < 4.78 is 142. The number of ether oxygens (including phenoxy) is 2. The molecular formula is C52H60N8O6. The first-order valence-electron chi connectivity index (χ1n) is 29.8. The number of rotatable bonds is 10. The summed E-state index contributed by atoms with van der Waals surface area (Å²) in [5, 5.41) is 3.61. The molecule has 2 fully saturated rings. The van der Waals surface area contributed by atoms with Crippen LogP contribution in [0.2, 0.25) is 0 Å². The third-order valence-electron chi connectivity index (χ3n) is 12.7. The van der Waals surface area contributed by atoms with Gasteiger partial charge in [-0.1, -0.05) is 75.9 Å². The monoisotopic (exact) mass is 909 g/mol. The van der Waals surface area contributed by atoms with E-state index in [1.807, 2.05) is 36.4 Å². The Kier molecular flexibility index (Phi) is 8.21. The van der Waals surface area contributed by atoms with Crippen molar-refractivity contribution < 1.29 is 50.6 Å². The van der Waals surface area contributed by atoms with Gasteiger partial charge in [0.1, 0.15) is 23.7 Å². The van der Waals surface area contributed by atoms with Crippen LogP contribution in [0.1, 0.15) is 121 Å². The zero-order chi connectivity index (χ0) is 59.9. The third kappa shape index (κ3) is 8.84. The van der Waals surface area contributed by atoms with Crippen molar-refractivity contribution in [1.29, 1.82) is 0 Å². The molecule has 4 bridgehead atoms. The Morgan fingerprint density at radius 1 is 0.636 bits per heavy atom. The molecule has 4 amide bonds. The summed E-state index contributed by atoms with van der Waals surface area (Å²) in [4.78, 5) is 72.3. The fourth-order valence-electron chi connectivity index (χ4n) is 9.43. The van der Waals surface area contributed by atoms with Gasteiger partial charge in [-0.2, -0.15) is 0 Å². The summed E-state index contributed by atoms with van der Waals surface area (Å²) in [6.07, 6.45) is 0.948. The number of carbonyl (C=O) groups is 4. The first-order chi connectivity index (χ1) is 38.2. The van der Waals surface area contributed by atoms with Crippen LogP contribution in [0, 0.1) is 11.8 Å². The molecular weight excluding hydrogens is 833 g/mol. The Balaban J connectivity index is 0.969. The number of hydrogen-bond donors (Lipinski definition) is 4. The number of carbonyl (C=O) groups excluding carboxylic acids is 4. The lowest BCUT2D eigenvalue weighted by molar-refractivity contribution is -0.136. The second kappa shape index (κ2) is 18.7. The number of likely N-dealkylation sites (tertiary alicyclic amines) is 2. The van der Waals surface area contributed by atoms with E-state index in [1.54, 1.807) is 10.6 Å². The smallest absolute Gasteiger partial charge is 0.407 e. The van der Waals surface area contributed by atoms with Crippen molar-refractivity contribution in [2.24, 2.45) is 11.8 Å². The highest BCUT2D eigenvalue weighted by molar-refractivity contribution is 5.88. The van der Waals surface area contributed by atoms with Crippen molar-refractivity contribution in [3.63, 3.8) is 0 Å². The van der Waals surface area contributed by atoms with Crippen molar-refractivity contribution in [2.75, 3.05) is 27.3 Å². The predicted octanol–water partition coefficient (Wildman–Crippen LogP) is 8.75. The first-order valence-corrected chi connectivity index (χ1v) is 21.8. The lowest BCUT2D eigenvalue weighted by Gasteiger charge is -2.29. The van der Waals surface area contributed by atoms with E-state index >= 15 is 0 Å². The molecule has 4 aliphatic carbocycles. The Morgan fingerprint density at radius 2 is 1.08 bits per heavy atom. The van der Waals surface area contributed by atoms with Gasteiger partial charge in [-0.15, -0.1) is 0 Å². The van der Waals surface area contributed by atoms with Gasteiger partial charge in [0.15, 0.2) is 0 Å². The minimum absolute atomic E-state index is 0.0535. The van der Waals surface area contributed by atoms with E-state index in [-0.39, 0.29) is 37.6 Å². The van der Waals surface area contributed by atoms with Crippen LogP contribution in [0.4, 0.5) is 9.59 Å². The zero-order valence-electron chi connectivity index (χ0n) is 52.4. The van der Waals surface area contributed by atoms with Gasteiger partial charge >= 0.3 is 12.2 Å². The number of alkyl carbamates (subject to hydrolysis) is 2. The van der Waals surface area contributed by atoms with Crippen molar-refractivity contribution in [1.82, 2.24) is 40.4 Å². The topological polar surface area (TPSA) is 175 Å². The molecule has 14 heteroatoms. The number of amides is 4. The van der Waals surface area contributed by atoms with Crippen LogP contribution in [0.15, 0.2) is 72.8 Å². The van der Waals surface area contributed by atoms with Gasteiger partial charge in [0.2, 0.25) is 11.8 Å². The van der Waals surface area contributed by atoms with Gasteiger partial charge in [-0.25, -0.2) is 19.6 Å². The van der Waals surface area contributed by atoms with Gasteiger partial charge in [-0.05, 0) is 132 Å². The number of hydrogen-bond acceptors (Lipinski definition) is 8. The van der Waals surface area contributed by atoms with E-state index in [0.29, 0.717) is 60.6 Å². The number of aryl methyl sites for hydroxylation is 4. The van der Waals surface area contributed by atoms with Gasteiger partial charge in [0.05, 0.1) is 51.1 Å². The van der Waals surface area contributed by atoms with Crippen molar-refractivity contribution in [2.45, 2.75) is 103 Å². The Hall–Kier alpha value is -6.70. The van der Waals surface area contributed by atoms with E-state index in [9.17, 15) is 19.2 Å². The van der Waals surface area contributed by atoms with Crippen molar-refractivity contribution in [3.05, 3.63) is 107 Å². The number of benzene rings is 4. The van der Waals surface area contributed by atoms with E-state index in [4.69, 9.17) is 31.9 Å². The van der Waals surface area contributed by atoms with Crippen molar-refractivity contribution in [3.8, 4) is 22.3 Å². The molecule has 12 rings (SSSR count). The maximum Gasteiger partial charge on any atom is 0.407 e. The molecule has 6 aliphatic rings. The molecule has 2 saturated heterocycles. The van der Waals surface area contributed by atoms with Gasteiger partial charge in [0, 0.05) is 32.3 Å². The maximum atomic E-state index is 14.4. The summed E-state index contributed by atoms with van der Waals surface area (Å²) in [6, 6.07) is 15.3.